The third-order valence-electron chi connectivity index (χ3n) is 2.21. The Labute approximate surface area is 102 Å². The number of aryl methyl sites for hydroxylation is 1. The highest BCUT2D eigenvalue weighted by Crippen LogP contribution is 2.22. The van der Waals surface area contributed by atoms with E-state index in [0.717, 1.165) is 17.0 Å². The van der Waals surface area contributed by atoms with E-state index in [1.54, 1.807) is 0 Å². The molecule has 4 nitrogen and oxygen atoms in total. The van der Waals surface area contributed by atoms with Gasteiger partial charge in [0.1, 0.15) is 5.75 Å². The number of nitrogens with one attached hydrogen (secondary N) is 1. The highest BCUT2D eigenvalue weighted by Gasteiger charge is 2.03. The Hall–Kier alpha value is -1.71. The summed E-state index contributed by atoms with van der Waals surface area (Å²) in [5.74, 6) is 0.0674. The minimum Gasteiger partial charge on any atom is -0.491 e. The number of aliphatic carboxylic acids is 1. The van der Waals surface area contributed by atoms with Crippen LogP contribution in [-0.4, -0.2) is 23.7 Å². The normalized spacial score (nSPS) is 10.4. The van der Waals surface area contributed by atoms with Crippen molar-refractivity contribution in [2.24, 2.45) is 0 Å². The van der Waals surface area contributed by atoms with Crippen LogP contribution in [0, 0.1) is 6.92 Å². The molecule has 94 valence electrons. The van der Waals surface area contributed by atoms with Crippen molar-refractivity contribution >= 4 is 11.7 Å². The Bertz CT molecular complexity index is 388. The minimum absolute atomic E-state index is 0.114. The van der Waals surface area contributed by atoms with Crippen molar-refractivity contribution in [1.29, 1.82) is 0 Å². The number of carbonyl (C=O) groups is 1. The SMILES string of the molecule is Cc1cc(NCCC(=O)O)ccc1OC(C)C. The van der Waals surface area contributed by atoms with Crippen LogP contribution < -0.4 is 10.1 Å². The fraction of sp³-hybridized carbons (Fsp3) is 0.462. The minimum atomic E-state index is -0.797. The van der Waals surface area contributed by atoms with E-state index in [4.69, 9.17) is 9.84 Å². The first-order valence-electron chi connectivity index (χ1n) is 5.72. The lowest BCUT2D eigenvalue weighted by molar-refractivity contribution is -0.136. The van der Waals surface area contributed by atoms with Gasteiger partial charge in [0.05, 0.1) is 12.5 Å². The topological polar surface area (TPSA) is 58.6 Å². The first-order chi connectivity index (χ1) is 7.99. The molecule has 4 heteroatoms. The van der Waals surface area contributed by atoms with E-state index in [9.17, 15) is 4.79 Å². The van der Waals surface area contributed by atoms with Gasteiger partial charge >= 0.3 is 5.97 Å². The maximum atomic E-state index is 10.4. The summed E-state index contributed by atoms with van der Waals surface area (Å²) in [7, 11) is 0. The van der Waals surface area contributed by atoms with Gasteiger partial charge in [0.25, 0.3) is 0 Å². The zero-order valence-electron chi connectivity index (χ0n) is 10.5. The van der Waals surface area contributed by atoms with E-state index in [2.05, 4.69) is 5.32 Å². The van der Waals surface area contributed by atoms with Gasteiger partial charge in [-0.05, 0) is 44.5 Å². The molecule has 0 spiro atoms. The van der Waals surface area contributed by atoms with Crippen LogP contribution in [0.3, 0.4) is 0 Å². The van der Waals surface area contributed by atoms with E-state index in [0.29, 0.717) is 6.54 Å². The van der Waals surface area contributed by atoms with Crippen molar-refractivity contribution < 1.29 is 14.6 Å². The third kappa shape index (κ3) is 4.76. The molecule has 0 heterocycles. The van der Waals surface area contributed by atoms with Crippen LogP contribution in [0.15, 0.2) is 18.2 Å². The van der Waals surface area contributed by atoms with Crippen LogP contribution in [0.1, 0.15) is 25.8 Å². The molecule has 0 amide bonds. The van der Waals surface area contributed by atoms with Gasteiger partial charge < -0.3 is 15.2 Å². The monoisotopic (exact) mass is 237 g/mol. The predicted molar refractivity (Wildman–Crippen MR) is 67.7 cm³/mol. The molecule has 1 aromatic carbocycles. The Morgan fingerprint density at radius 1 is 1.47 bits per heavy atom. The molecule has 0 aliphatic carbocycles. The number of ether oxygens (including phenoxy) is 1. The lowest BCUT2D eigenvalue weighted by atomic mass is 10.2. The van der Waals surface area contributed by atoms with E-state index >= 15 is 0 Å². The maximum absolute atomic E-state index is 10.4. The van der Waals surface area contributed by atoms with Crippen molar-refractivity contribution in [3.63, 3.8) is 0 Å². The van der Waals surface area contributed by atoms with Crippen molar-refractivity contribution in [1.82, 2.24) is 0 Å². The van der Waals surface area contributed by atoms with Gasteiger partial charge in [0.2, 0.25) is 0 Å². The molecule has 17 heavy (non-hydrogen) atoms. The summed E-state index contributed by atoms with van der Waals surface area (Å²) in [5.41, 5.74) is 1.96. The molecule has 2 N–H and O–H groups in total. The Morgan fingerprint density at radius 3 is 2.71 bits per heavy atom. The maximum Gasteiger partial charge on any atom is 0.305 e. The molecule has 1 aromatic rings. The smallest absolute Gasteiger partial charge is 0.305 e. The average molecular weight is 237 g/mol. The first-order valence-corrected chi connectivity index (χ1v) is 5.72. The van der Waals surface area contributed by atoms with E-state index in [1.807, 2.05) is 39.0 Å². The molecule has 0 aliphatic heterocycles. The summed E-state index contributed by atoms with van der Waals surface area (Å²) in [6, 6.07) is 5.75. The zero-order valence-corrected chi connectivity index (χ0v) is 10.5. The fourth-order valence-electron chi connectivity index (χ4n) is 1.46. The van der Waals surface area contributed by atoms with Crippen molar-refractivity contribution in [3.8, 4) is 5.75 Å². The Morgan fingerprint density at radius 2 is 2.18 bits per heavy atom. The van der Waals surface area contributed by atoms with Crippen LogP contribution in [0.5, 0.6) is 5.75 Å². The van der Waals surface area contributed by atoms with Gasteiger partial charge in [-0.1, -0.05) is 0 Å². The van der Waals surface area contributed by atoms with Crippen LogP contribution in [-0.2, 0) is 4.79 Å². The first kappa shape index (κ1) is 13.4. The molecule has 0 saturated heterocycles. The highest BCUT2D eigenvalue weighted by molar-refractivity contribution is 5.67. The van der Waals surface area contributed by atoms with E-state index < -0.39 is 5.97 Å². The quantitative estimate of drug-likeness (QED) is 0.798. The number of anilines is 1. The summed E-state index contributed by atoms with van der Waals surface area (Å²) in [5, 5.41) is 11.6. The lowest BCUT2D eigenvalue weighted by Crippen LogP contribution is -2.09. The van der Waals surface area contributed by atoms with Gasteiger partial charge in [-0.2, -0.15) is 0 Å². The van der Waals surface area contributed by atoms with Crippen molar-refractivity contribution in [2.45, 2.75) is 33.3 Å². The number of hydrogen-bond acceptors (Lipinski definition) is 3. The van der Waals surface area contributed by atoms with E-state index in [-0.39, 0.29) is 12.5 Å². The molecule has 0 fully saturated rings. The van der Waals surface area contributed by atoms with Gasteiger partial charge in [-0.15, -0.1) is 0 Å². The molecule has 0 saturated carbocycles. The average Bonchev–Trinajstić information content (AvgIpc) is 2.21. The fourth-order valence-corrected chi connectivity index (χ4v) is 1.46. The molecule has 0 bridgehead atoms. The molecular weight excluding hydrogens is 218 g/mol. The lowest BCUT2D eigenvalue weighted by Gasteiger charge is -2.13. The molecule has 0 aromatic heterocycles. The zero-order chi connectivity index (χ0) is 12.8. The third-order valence-corrected chi connectivity index (χ3v) is 2.21. The molecule has 1 rings (SSSR count). The standard InChI is InChI=1S/C13H19NO3/c1-9(2)17-12-5-4-11(8-10(12)3)14-7-6-13(15)16/h4-5,8-9,14H,6-7H2,1-3H3,(H,15,16). The van der Waals surface area contributed by atoms with Crippen LogP contribution in [0.25, 0.3) is 0 Å². The van der Waals surface area contributed by atoms with Crippen molar-refractivity contribution in [2.75, 3.05) is 11.9 Å². The molecule has 0 unspecified atom stereocenters. The number of rotatable bonds is 6. The predicted octanol–water partition coefficient (Wildman–Crippen LogP) is 2.67. The van der Waals surface area contributed by atoms with Crippen LogP contribution >= 0.6 is 0 Å². The number of benzene rings is 1. The van der Waals surface area contributed by atoms with Gasteiger partial charge in [-0.25, -0.2) is 0 Å². The van der Waals surface area contributed by atoms with Crippen LogP contribution in [0.2, 0.25) is 0 Å². The van der Waals surface area contributed by atoms with Crippen LogP contribution in [0.4, 0.5) is 5.69 Å². The Balaban J connectivity index is 2.59. The number of carboxylic acid groups (broad SMARTS) is 1. The highest BCUT2D eigenvalue weighted by atomic mass is 16.5. The summed E-state index contributed by atoms with van der Waals surface area (Å²) in [6.07, 6.45) is 0.267. The summed E-state index contributed by atoms with van der Waals surface area (Å²) >= 11 is 0. The van der Waals surface area contributed by atoms with Gasteiger partial charge in [0.15, 0.2) is 0 Å². The molecule has 0 aliphatic rings. The second-order valence-corrected chi connectivity index (χ2v) is 4.22. The van der Waals surface area contributed by atoms with Gasteiger partial charge in [-0.3, -0.25) is 4.79 Å². The van der Waals surface area contributed by atoms with Crippen molar-refractivity contribution in [3.05, 3.63) is 23.8 Å². The van der Waals surface area contributed by atoms with Gasteiger partial charge in [0, 0.05) is 12.2 Å². The Kier molecular flexibility index (Phi) is 4.82. The summed E-state index contributed by atoms with van der Waals surface area (Å²) in [6.45, 7) is 6.37. The molecule has 0 atom stereocenters. The number of carboxylic acids is 1. The molecule has 0 radical (unpaired) electrons. The largest absolute Gasteiger partial charge is 0.491 e. The molecular formula is C13H19NO3. The second kappa shape index (κ2) is 6.13. The summed E-state index contributed by atoms with van der Waals surface area (Å²) in [4.78, 5) is 10.4. The number of hydrogen-bond donors (Lipinski definition) is 2. The second-order valence-electron chi connectivity index (χ2n) is 4.22. The van der Waals surface area contributed by atoms with E-state index in [1.165, 1.54) is 0 Å². The summed E-state index contributed by atoms with van der Waals surface area (Å²) < 4.78 is 5.62.